The molecule has 0 atom stereocenters. The summed E-state index contributed by atoms with van der Waals surface area (Å²) in [5.74, 6) is 7.82. The summed E-state index contributed by atoms with van der Waals surface area (Å²) in [5, 5.41) is 6.33. The van der Waals surface area contributed by atoms with Crippen molar-refractivity contribution in [3.63, 3.8) is 0 Å². The van der Waals surface area contributed by atoms with E-state index in [2.05, 4.69) is 114 Å². The Morgan fingerprint density at radius 2 is 0.891 bits per heavy atom. The van der Waals surface area contributed by atoms with Gasteiger partial charge in [-0.2, -0.15) is 15.0 Å². The number of nitrogen functional groups attached to an aromatic ring is 2. The number of benzene rings is 6. The second-order valence-electron chi connectivity index (χ2n) is 19.0. The first-order valence-electron chi connectivity index (χ1n) is 28.0. The van der Waals surface area contributed by atoms with Gasteiger partial charge in [0, 0.05) is 65.4 Å². The molecule has 12 rings (SSSR count). The molecule has 0 saturated carbocycles. The number of Topliss-reactive ketones (excluding diaryl/α,β-unsaturated/α-hetero) is 2. The number of ether oxygens (including phenoxy) is 9. The Morgan fingerprint density at radius 3 is 1.32 bits per heavy atom. The molecule has 6 aromatic carbocycles. The number of ketones is 2. The van der Waals surface area contributed by atoms with Gasteiger partial charge in [-0.05, 0) is 154 Å². The van der Waals surface area contributed by atoms with Crippen molar-refractivity contribution in [3.8, 4) is 69.4 Å². The summed E-state index contributed by atoms with van der Waals surface area (Å²) in [6.45, 7) is 14.0. The molecule has 0 unspecified atom stereocenters. The van der Waals surface area contributed by atoms with E-state index in [-0.39, 0.29) is 30.4 Å². The second-order valence-corrected chi connectivity index (χ2v) is 26.5. The van der Waals surface area contributed by atoms with Crippen LogP contribution in [0.2, 0.25) is 5.28 Å². The number of aromatic nitrogens is 6. The number of hydrogen-bond donors (Lipinski definition) is 4. The number of para-hydroxylation sites is 4. The van der Waals surface area contributed by atoms with E-state index in [0.717, 1.165) is 34.0 Å². The summed E-state index contributed by atoms with van der Waals surface area (Å²) in [4.78, 5) is 50.2. The van der Waals surface area contributed by atoms with Crippen molar-refractivity contribution in [2.24, 2.45) is 0 Å². The van der Waals surface area contributed by atoms with Crippen molar-refractivity contribution < 1.29 is 67.4 Å². The number of nitrogens with zero attached hydrogens (tertiary/aromatic N) is 7. The van der Waals surface area contributed by atoms with Crippen molar-refractivity contribution in [2.75, 3.05) is 62.1 Å². The van der Waals surface area contributed by atoms with Crippen LogP contribution in [0.4, 0.5) is 34.6 Å². The molecule has 0 radical (unpaired) electrons. The molecule has 0 saturated heterocycles. The molecule has 3 aromatic heterocycles. The summed E-state index contributed by atoms with van der Waals surface area (Å²) in [6.07, 6.45) is 5.33. The molecule has 6 N–H and O–H groups in total. The van der Waals surface area contributed by atoms with Crippen LogP contribution in [0.25, 0.3) is 0 Å². The van der Waals surface area contributed by atoms with Gasteiger partial charge in [0.05, 0.1) is 31.5 Å². The first-order chi connectivity index (χ1) is 44.4. The van der Waals surface area contributed by atoms with Crippen LogP contribution in [0, 0.1) is 0 Å². The van der Waals surface area contributed by atoms with Crippen LogP contribution in [-0.2, 0) is 37.6 Å². The van der Waals surface area contributed by atoms with Gasteiger partial charge in [-0.1, -0.05) is 69.3 Å². The van der Waals surface area contributed by atoms with Crippen LogP contribution in [0.3, 0.4) is 0 Å². The van der Waals surface area contributed by atoms with Crippen LogP contribution in [0.15, 0.2) is 159 Å². The number of rotatable bonds is 17. The zero-order valence-electron chi connectivity index (χ0n) is 50.3. The molecular formula is C63H61Br3Cl3N11O11Zn. The average Bonchev–Trinajstić information content (AvgIpc) is 1.36. The number of fused-ring (bicyclic) bond motifs is 3. The predicted octanol–water partition coefficient (Wildman–Crippen LogP) is 16.3. The fourth-order valence-corrected chi connectivity index (χ4v) is 9.02. The van der Waals surface area contributed by atoms with Gasteiger partial charge in [0.25, 0.3) is 0 Å². The van der Waals surface area contributed by atoms with Crippen LogP contribution in [0.5, 0.6) is 69.4 Å². The topological polar surface area (TPSA) is 274 Å². The summed E-state index contributed by atoms with van der Waals surface area (Å²) in [6, 6.07) is 38.2. The number of hydrogen-bond acceptors (Lipinski definition) is 22. The van der Waals surface area contributed by atoms with E-state index in [1.807, 2.05) is 84.9 Å². The SMILES string of the molecule is CC(=O)Cc1ccccc1Oc1nc(Cl)ncc1Br.CC(=O)Cc1ccccc1Oc1nc(Nc2ccc3c(c2)OCO3)ncc1Br.CCN(CC)CC.Nc1ccc2c(c1)OCO2.Nc1ccccc1Oc1nc(Nc2ccc3c(c2)OCO3)ncc1Br.[Cl][Zn][Cl]. The summed E-state index contributed by atoms with van der Waals surface area (Å²) in [7, 11) is 9.90. The maximum absolute atomic E-state index is 11.5. The first kappa shape index (κ1) is 71.6. The molecule has 3 aliphatic rings. The van der Waals surface area contributed by atoms with Crippen LogP contribution < -0.4 is 64.7 Å². The molecular weight excluding hydrogens is 1500 g/mol. The Bertz CT molecular complexity index is 3920. The normalized spacial score (nSPS) is 11.4. The Kier molecular flexibility index (Phi) is 28.8. The zero-order valence-corrected chi connectivity index (χ0v) is 60.3. The third kappa shape index (κ3) is 22.5. The molecule has 22 nitrogen and oxygen atoms in total. The van der Waals surface area contributed by atoms with E-state index in [4.69, 9.17) is 85.1 Å². The van der Waals surface area contributed by atoms with Crippen molar-refractivity contribution >= 4 is 125 Å². The summed E-state index contributed by atoms with van der Waals surface area (Å²) >= 11 is 14.9. The predicted molar refractivity (Wildman–Crippen MR) is 361 cm³/mol. The second kappa shape index (κ2) is 37.0. The van der Waals surface area contributed by atoms with Gasteiger partial charge in [-0.3, -0.25) is 9.59 Å². The number of anilines is 6. The third-order valence-electron chi connectivity index (χ3n) is 12.5. The molecule has 0 spiro atoms. The van der Waals surface area contributed by atoms with E-state index in [1.165, 1.54) is 32.8 Å². The fourth-order valence-electron chi connectivity index (χ4n) is 8.08. The van der Waals surface area contributed by atoms with Gasteiger partial charge >= 0.3 is 34.5 Å². The van der Waals surface area contributed by atoms with Crippen molar-refractivity contribution in [1.82, 2.24) is 34.8 Å². The van der Waals surface area contributed by atoms with Gasteiger partial charge in [0.1, 0.15) is 23.1 Å². The van der Waals surface area contributed by atoms with Gasteiger partial charge in [0.15, 0.2) is 40.2 Å². The Morgan fingerprint density at radius 1 is 0.522 bits per heavy atom. The van der Waals surface area contributed by atoms with Crippen molar-refractivity contribution in [1.29, 1.82) is 0 Å². The van der Waals surface area contributed by atoms with Gasteiger partial charge in [-0.25, -0.2) is 15.0 Å². The molecule has 0 amide bonds. The van der Waals surface area contributed by atoms with E-state index in [9.17, 15) is 9.59 Å². The Balaban J connectivity index is 0.000000172. The Labute approximate surface area is 577 Å². The van der Waals surface area contributed by atoms with E-state index < -0.39 is 15.1 Å². The number of halogens is 6. The molecule has 0 aliphatic carbocycles. The monoisotopic (exact) mass is 1550 g/mol. The standard InChI is InChI=1S/C20H16BrN3O4.C17H13BrN4O3.C13H10BrClN2O2.C7H7NO2.C6H15N.2ClH.Zn/c1-12(25)8-13-4-2-3-5-16(13)28-19-15(21)10-22-20(24-19)23-14-6-7-17-18(9-14)27-11-26-17;18-11-8-20-17(21-10-5-6-14-15(7-10)24-9-23-14)22-16(11)25-13-4-2-1-3-12(13)19;1-8(18)6-9-4-2-3-5-11(9)19-12-10(14)7-16-13(15)17-12;8-5-1-2-6-7(3-5)10-4-9-6;1-4-7(5-2)6-3;;;/h2-7,9-10H,8,11H2,1H3,(H,22,23,24);1-8H,9,19H2,(H,20,21,22);2-5,7H,6H2,1H3;1-3H,4,8H2;4-6H2,1-3H3;2*1H;/q;;;;;;;+2/p-2. The zero-order chi connectivity index (χ0) is 65.9. The molecule has 0 bridgehead atoms. The maximum atomic E-state index is 11.5. The fraction of sp³-hybridized carbons (Fsp3) is 0.206. The number of nitrogens with two attached hydrogens (primary N) is 2. The number of carbonyl (C=O) groups excluding carboxylic acids is 2. The van der Waals surface area contributed by atoms with Crippen LogP contribution in [-0.4, -0.2) is 86.4 Å². The average molecular weight is 1560 g/mol. The van der Waals surface area contributed by atoms with E-state index in [0.29, 0.717) is 114 Å². The molecule has 29 heteroatoms. The van der Waals surface area contributed by atoms with Crippen LogP contribution >= 0.6 is 78.8 Å². The molecule has 92 heavy (non-hydrogen) atoms. The van der Waals surface area contributed by atoms with E-state index >= 15 is 0 Å². The van der Waals surface area contributed by atoms with Crippen molar-refractivity contribution in [2.45, 2.75) is 47.5 Å². The molecule has 0 fully saturated rings. The molecule has 6 heterocycles. The van der Waals surface area contributed by atoms with Gasteiger partial charge in [0.2, 0.25) is 55.2 Å². The quantitative estimate of drug-likeness (QED) is 0.0375. The minimum atomic E-state index is -0.931. The van der Waals surface area contributed by atoms with Gasteiger partial charge < -0.3 is 69.6 Å². The summed E-state index contributed by atoms with van der Waals surface area (Å²) < 4.78 is 50.7. The third-order valence-corrected chi connectivity index (χ3v) is 14.3. The minimum absolute atomic E-state index is 0.0583. The van der Waals surface area contributed by atoms with E-state index in [1.54, 1.807) is 61.8 Å². The van der Waals surface area contributed by atoms with Gasteiger partial charge in [-0.15, -0.1) is 0 Å². The molecule has 478 valence electrons. The number of carbonyl (C=O) groups is 2. The summed E-state index contributed by atoms with van der Waals surface area (Å²) in [5.41, 5.74) is 15.8. The number of nitrogens with one attached hydrogen (secondary N) is 2. The first-order valence-corrected chi connectivity index (χ1v) is 38.6. The van der Waals surface area contributed by atoms with Crippen molar-refractivity contribution in [3.05, 3.63) is 176 Å². The molecule has 9 aromatic rings. The Hall–Kier alpha value is -7.81. The van der Waals surface area contributed by atoms with Crippen LogP contribution in [0.1, 0.15) is 45.7 Å². The molecule has 3 aliphatic heterocycles.